The second kappa shape index (κ2) is 11.4. The third-order valence-corrected chi connectivity index (χ3v) is 5.20. The number of hydrogen-bond acceptors (Lipinski definition) is 4. The summed E-state index contributed by atoms with van der Waals surface area (Å²) in [6.07, 6.45) is -0.538. The molecule has 1 heterocycles. The van der Waals surface area contributed by atoms with Gasteiger partial charge in [-0.1, -0.05) is 30.3 Å². The molecule has 0 radical (unpaired) electrons. The van der Waals surface area contributed by atoms with Crippen LogP contribution < -0.4 is 9.64 Å². The van der Waals surface area contributed by atoms with E-state index in [1.807, 2.05) is 42.5 Å². The standard InChI is InChI=1S/C23H25FN2O2.2ClH/c24-20-6-8-21(9-7-20)26-13-11-25(12-14-26)16-22(27)17-28-23-10-5-18-3-1-2-4-19(18)15-23;;/h1-10,15,22,27H,11-14,16-17H2;2*1H. The summed E-state index contributed by atoms with van der Waals surface area (Å²) < 4.78 is 18.9. The monoisotopic (exact) mass is 452 g/mol. The minimum Gasteiger partial charge on any atom is -0.491 e. The number of halogens is 3. The molecule has 0 aliphatic carbocycles. The van der Waals surface area contributed by atoms with E-state index in [2.05, 4.69) is 21.9 Å². The molecule has 1 fully saturated rings. The van der Waals surface area contributed by atoms with Crippen LogP contribution in [0, 0.1) is 5.82 Å². The quantitative estimate of drug-likeness (QED) is 0.601. The van der Waals surface area contributed by atoms with Crippen LogP contribution >= 0.6 is 24.8 Å². The maximum absolute atomic E-state index is 13.1. The van der Waals surface area contributed by atoms with Crippen molar-refractivity contribution >= 4 is 41.3 Å². The number of aliphatic hydroxyl groups is 1. The molecule has 1 N–H and O–H groups in total. The van der Waals surface area contributed by atoms with E-state index in [1.54, 1.807) is 0 Å². The van der Waals surface area contributed by atoms with Crippen LogP contribution in [0.25, 0.3) is 10.8 Å². The highest BCUT2D eigenvalue weighted by molar-refractivity contribution is 5.85. The summed E-state index contributed by atoms with van der Waals surface area (Å²) >= 11 is 0. The first-order valence-corrected chi connectivity index (χ1v) is 9.70. The molecular formula is C23H27Cl2FN2O2. The summed E-state index contributed by atoms with van der Waals surface area (Å²) in [5.41, 5.74) is 1.04. The molecule has 4 rings (SSSR count). The zero-order chi connectivity index (χ0) is 19.3. The van der Waals surface area contributed by atoms with Crippen LogP contribution in [0.1, 0.15) is 0 Å². The Kier molecular flexibility index (Phi) is 9.18. The Labute approximate surface area is 189 Å². The van der Waals surface area contributed by atoms with Gasteiger partial charge >= 0.3 is 0 Å². The third kappa shape index (κ3) is 6.22. The first-order chi connectivity index (χ1) is 13.7. The van der Waals surface area contributed by atoms with E-state index >= 15 is 0 Å². The predicted octanol–water partition coefficient (Wildman–Crippen LogP) is 4.38. The van der Waals surface area contributed by atoms with Crippen molar-refractivity contribution in [2.45, 2.75) is 6.10 Å². The van der Waals surface area contributed by atoms with E-state index in [-0.39, 0.29) is 37.2 Å². The van der Waals surface area contributed by atoms with Gasteiger partial charge in [0.05, 0.1) is 0 Å². The lowest BCUT2D eigenvalue weighted by molar-refractivity contribution is 0.0663. The zero-order valence-electron chi connectivity index (χ0n) is 16.6. The van der Waals surface area contributed by atoms with Gasteiger partial charge in [-0.05, 0) is 47.2 Å². The number of aliphatic hydroxyl groups excluding tert-OH is 1. The maximum Gasteiger partial charge on any atom is 0.123 e. The number of piperazine rings is 1. The van der Waals surface area contributed by atoms with E-state index in [0.29, 0.717) is 6.54 Å². The number of hydrogen-bond donors (Lipinski definition) is 1. The van der Waals surface area contributed by atoms with Gasteiger partial charge in [-0.15, -0.1) is 24.8 Å². The number of anilines is 1. The van der Waals surface area contributed by atoms with Gasteiger partial charge < -0.3 is 14.7 Å². The molecule has 0 spiro atoms. The lowest BCUT2D eigenvalue weighted by atomic mass is 10.1. The second-order valence-electron chi connectivity index (χ2n) is 7.24. The van der Waals surface area contributed by atoms with Crippen LogP contribution in [0.15, 0.2) is 66.7 Å². The van der Waals surface area contributed by atoms with Crippen LogP contribution in [-0.2, 0) is 0 Å². The summed E-state index contributed by atoms with van der Waals surface area (Å²) in [7, 11) is 0. The van der Waals surface area contributed by atoms with E-state index in [4.69, 9.17) is 4.74 Å². The fourth-order valence-electron chi connectivity index (χ4n) is 3.64. The van der Waals surface area contributed by atoms with Crippen molar-refractivity contribution in [2.75, 3.05) is 44.2 Å². The van der Waals surface area contributed by atoms with Gasteiger partial charge in [-0.3, -0.25) is 4.90 Å². The molecule has 162 valence electrons. The predicted molar refractivity (Wildman–Crippen MR) is 125 cm³/mol. The maximum atomic E-state index is 13.1. The Balaban J connectivity index is 0.00000160. The molecular weight excluding hydrogens is 426 g/mol. The molecule has 7 heteroatoms. The van der Waals surface area contributed by atoms with E-state index in [0.717, 1.165) is 43.0 Å². The second-order valence-corrected chi connectivity index (χ2v) is 7.24. The zero-order valence-corrected chi connectivity index (χ0v) is 18.2. The molecule has 0 saturated carbocycles. The largest absolute Gasteiger partial charge is 0.491 e. The molecule has 30 heavy (non-hydrogen) atoms. The fourth-order valence-corrected chi connectivity index (χ4v) is 3.64. The number of rotatable bonds is 6. The van der Waals surface area contributed by atoms with Gasteiger partial charge in [0, 0.05) is 38.4 Å². The van der Waals surface area contributed by atoms with E-state index in [1.165, 1.54) is 17.5 Å². The van der Waals surface area contributed by atoms with Crippen molar-refractivity contribution in [3.63, 3.8) is 0 Å². The van der Waals surface area contributed by atoms with Crippen LogP contribution in [-0.4, -0.2) is 55.4 Å². The topological polar surface area (TPSA) is 35.9 Å². The minimum absolute atomic E-state index is 0. The number of fused-ring (bicyclic) bond motifs is 1. The molecule has 0 bridgehead atoms. The van der Waals surface area contributed by atoms with E-state index in [9.17, 15) is 9.50 Å². The number of benzene rings is 3. The van der Waals surface area contributed by atoms with Gasteiger partial charge in [0.1, 0.15) is 24.3 Å². The molecule has 1 aliphatic heterocycles. The van der Waals surface area contributed by atoms with Crippen molar-refractivity contribution in [1.29, 1.82) is 0 Å². The molecule has 1 atom stereocenters. The smallest absolute Gasteiger partial charge is 0.123 e. The van der Waals surface area contributed by atoms with Crippen LogP contribution in [0.2, 0.25) is 0 Å². The van der Waals surface area contributed by atoms with Gasteiger partial charge in [0.15, 0.2) is 0 Å². The Morgan fingerprint density at radius 1 is 0.867 bits per heavy atom. The van der Waals surface area contributed by atoms with Crippen LogP contribution in [0.4, 0.5) is 10.1 Å². The lowest BCUT2D eigenvalue weighted by Crippen LogP contribution is -2.49. The van der Waals surface area contributed by atoms with Gasteiger partial charge in [0.25, 0.3) is 0 Å². The lowest BCUT2D eigenvalue weighted by Gasteiger charge is -2.36. The molecule has 1 saturated heterocycles. The highest BCUT2D eigenvalue weighted by Gasteiger charge is 2.19. The van der Waals surface area contributed by atoms with Gasteiger partial charge in [-0.25, -0.2) is 4.39 Å². The van der Waals surface area contributed by atoms with Crippen molar-refractivity contribution in [3.05, 3.63) is 72.5 Å². The van der Waals surface area contributed by atoms with Gasteiger partial charge in [0.2, 0.25) is 0 Å². The molecule has 4 nitrogen and oxygen atoms in total. The normalized spacial score (nSPS) is 15.2. The highest BCUT2D eigenvalue weighted by atomic mass is 35.5. The molecule has 1 aliphatic rings. The Morgan fingerprint density at radius 3 is 2.23 bits per heavy atom. The van der Waals surface area contributed by atoms with Crippen molar-refractivity contribution in [1.82, 2.24) is 4.90 Å². The molecule has 3 aromatic carbocycles. The third-order valence-electron chi connectivity index (χ3n) is 5.20. The molecule has 0 aromatic heterocycles. The summed E-state index contributed by atoms with van der Waals surface area (Å²) in [5.74, 6) is 0.566. The first-order valence-electron chi connectivity index (χ1n) is 9.70. The summed E-state index contributed by atoms with van der Waals surface area (Å²) in [6.45, 7) is 4.32. The minimum atomic E-state index is -0.538. The Hall–Kier alpha value is -2.05. The number of nitrogens with zero attached hydrogens (tertiary/aromatic N) is 2. The SMILES string of the molecule is Cl.Cl.OC(COc1ccc2ccccc2c1)CN1CCN(c2ccc(F)cc2)CC1. The van der Waals surface area contributed by atoms with Crippen molar-refractivity contribution in [3.8, 4) is 5.75 Å². The Bertz CT molecular complexity index is 918. The summed E-state index contributed by atoms with van der Waals surface area (Å²) in [5, 5.41) is 12.7. The van der Waals surface area contributed by atoms with Gasteiger partial charge in [-0.2, -0.15) is 0 Å². The highest BCUT2D eigenvalue weighted by Crippen LogP contribution is 2.21. The fraction of sp³-hybridized carbons (Fsp3) is 0.304. The molecule has 3 aromatic rings. The molecule has 1 unspecified atom stereocenters. The summed E-state index contributed by atoms with van der Waals surface area (Å²) in [4.78, 5) is 4.49. The number of ether oxygens (including phenoxy) is 1. The molecule has 0 amide bonds. The average Bonchev–Trinajstić information content (AvgIpc) is 2.73. The average molecular weight is 453 g/mol. The van der Waals surface area contributed by atoms with Crippen molar-refractivity contribution in [2.24, 2.45) is 0 Å². The van der Waals surface area contributed by atoms with Crippen LogP contribution in [0.5, 0.6) is 5.75 Å². The first kappa shape index (κ1) is 24.2. The van der Waals surface area contributed by atoms with Crippen LogP contribution in [0.3, 0.4) is 0 Å². The van der Waals surface area contributed by atoms with E-state index < -0.39 is 6.10 Å². The van der Waals surface area contributed by atoms with Crippen molar-refractivity contribution < 1.29 is 14.2 Å². The number of β-amino-alcohol motifs (C(OH)–C–C–N with tert-alkyl or cyclic N) is 1. The summed E-state index contributed by atoms with van der Waals surface area (Å²) in [6, 6.07) is 20.7. The Morgan fingerprint density at radius 2 is 1.53 bits per heavy atom.